The molecule has 0 atom stereocenters. The van der Waals surface area contributed by atoms with Gasteiger partial charge in [-0.15, -0.1) is 11.3 Å². The molecule has 0 spiro atoms. The molecule has 0 fully saturated rings. The van der Waals surface area contributed by atoms with E-state index in [1.54, 1.807) is 28.7 Å². The number of nitrogens with zero attached hydrogens (tertiary/aromatic N) is 1. The van der Waals surface area contributed by atoms with Gasteiger partial charge < -0.3 is 4.74 Å². The van der Waals surface area contributed by atoms with Crippen LogP contribution in [0.1, 0.15) is 21.6 Å². The van der Waals surface area contributed by atoms with Crippen LogP contribution in [0.4, 0.5) is 0 Å². The Morgan fingerprint density at radius 3 is 2.95 bits per heavy atom. The molecule has 0 saturated heterocycles. The normalized spacial score (nSPS) is 10.5. The van der Waals surface area contributed by atoms with E-state index in [0.717, 1.165) is 21.8 Å². The Morgan fingerprint density at radius 1 is 1.29 bits per heavy atom. The van der Waals surface area contributed by atoms with Crippen LogP contribution in [-0.2, 0) is 11.3 Å². The fourth-order valence-electron chi connectivity index (χ4n) is 1.89. The zero-order chi connectivity index (χ0) is 14.7. The first-order valence-corrected chi connectivity index (χ1v) is 8.25. The topological polar surface area (TPSA) is 39.2 Å². The lowest BCUT2D eigenvalue weighted by atomic mass is 10.1. The van der Waals surface area contributed by atoms with Crippen molar-refractivity contribution in [3.8, 4) is 10.6 Å². The maximum atomic E-state index is 12.0. The molecule has 2 aromatic heterocycles. The molecule has 0 radical (unpaired) electrons. The maximum absolute atomic E-state index is 12.0. The van der Waals surface area contributed by atoms with E-state index >= 15 is 0 Å². The molecule has 0 unspecified atom stereocenters. The van der Waals surface area contributed by atoms with Crippen molar-refractivity contribution in [1.29, 1.82) is 0 Å². The van der Waals surface area contributed by atoms with Crippen LogP contribution in [0.25, 0.3) is 10.6 Å². The third-order valence-electron chi connectivity index (χ3n) is 2.92. The number of hydrogen-bond acceptors (Lipinski definition) is 5. The van der Waals surface area contributed by atoms with E-state index in [4.69, 9.17) is 4.74 Å². The van der Waals surface area contributed by atoms with Gasteiger partial charge in [0.15, 0.2) is 0 Å². The molecule has 0 N–H and O–H groups in total. The zero-order valence-electron chi connectivity index (χ0n) is 11.4. The molecule has 21 heavy (non-hydrogen) atoms. The standard InChI is InChI=1S/C16H13NO2S2/c1-11-3-2-4-12(7-11)16(18)19-8-14-10-21-15(17-14)13-5-6-20-9-13/h2-7,9-10H,8H2,1H3. The van der Waals surface area contributed by atoms with Crippen molar-refractivity contribution < 1.29 is 9.53 Å². The van der Waals surface area contributed by atoms with E-state index in [-0.39, 0.29) is 12.6 Å². The van der Waals surface area contributed by atoms with Crippen molar-refractivity contribution in [3.05, 3.63) is 63.3 Å². The van der Waals surface area contributed by atoms with Gasteiger partial charge in [0.2, 0.25) is 0 Å². The first-order chi connectivity index (χ1) is 10.2. The summed E-state index contributed by atoms with van der Waals surface area (Å²) in [4.78, 5) is 16.4. The van der Waals surface area contributed by atoms with Crippen molar-refractivity contribution in [2.45, 2.75) is 13.5 Å². The van der Waals surface area contributed by atoms with Crippen LogP contribution in [-0.4, -0.2) is 11.0 Å². The number of esters is 1. The third-order valence-corrected chi connectivity index (χ3v) is 4.55. The average molecular weight is 315 g/mol. The molecule has 5 heteroatoms. The van der Waals surface area contributed by atoms with Crippen LogP contribution >= 0.6 is 22.7 Å². The molecule has 3 nitrogen and oxygen atoms in total. The second-order valence-electron chi connectivity index (χ2n) is 4.60. The van der Waals surface area contributed by atoms with Gasteiger partial charge in [-0.1, -0.05) is 17.7 Å². The summed E-state index contributed by atoms with van der Waals surface area (Å²) in [6.07, 6.45) is 0. The number of ether oxygens (including phenoxy) is 1. The highest BCUT2D eigenvalue weighted by Crippen LogP contribution is 2.25. The fourth-order valence-corrected chi connectivity index (χ4v) is 3.40. The molecule has 3 aromatic rings. The summed E-state index contributed by atoms with van der Waals surface area (Å²) < 4.78 is 5.31. The first kappa shape index (κ1) is 14.0. The quantitative estimate of drug-likeness (QED) is 0.664. The van der Waals surface area contributed by atoms with Crippen molar-refractivity contribution in [2.75, 3.05) is 0 Å². The first-order valence-electron chi connectivity index (χ1n) is 6.43. The number of carbonyl (C=O) groups is 1. The van der Waals surface area contributed by atoms with E-state index in [0.29, 0.717) is 5.56 Å². The van der Waals surface area contributed by atoms with E-state index in [1.807, 2.05) is 41.9 Å². The number of hydrogen-bond donors (Lipinski definition) is 0. The minimum Gasteiger partial charge on any atom is -0.456 e. The van der Waals surface area contributed by atoms with Crippen molar-refractivity contribution in [3.63, 3.8) is 0 Å². The van der Waals surface area contributed by atoms with E-state index in [9.17, 15) is 4.79 Å². The van der Waals surface area contributed by atoms with E-state index < -0.39 is 0 Å². The lowest BCUT2D eigenvalue weighted by Crippen LogP contribution is -2.05. The predicted octanol–water partition coefficient (Wildman–Crippen LogP) is 4.54. The SMILES string of the molecule is Cc1cccc(C(=O)OCc2csc(-c3ccsc3)n2)c1. The van der Waals surface area contributed by atoms with Gasteiger partial charge in [-0.25, -0.2) is 9.78 Å². The number of thiazole rings is 1. The summed E-state index contributed by atoms with van der Waals surface area (Å²) in [5, 5.41) is 6.96. The Kier molecular flexibility index (Phi) is 4.13. The number of rotatable bonds is 4. The molecular formula is C16H13NO2S2. The van der Waals surface area contributed by atoms with Gasteiger partial charge in [-0.2, -0.15) is 11.3 Å². The lowest BCUT2D eigenvalue weighted by Gasteiger charge is -2.03. The summed E-state index contributed by atoms with van der Waals surface area (Å²) in [6.45, 7) is 2.15. The second kappa shape index (κ2) is 6.20. The molecule has 0 saturated carbocycles. The molecular weight excluding hydrogens is 302 g/mol. The summed E-state index contributed by atoms with van der Waals surface area (Å²) >= 11 is 3.20. The summed E-state index contributed by atoms with van der Waals surface area (Å²) in [6, 6.07) is 9.41. The van der Waals surface area contributed by atoms with Crippen LogP contribution in [0, 0.1) is 6.92 Å². The monoisotopic (exact) mass is 315 g/mol. The van der Waals surface area contributed by atoms with Crippen molar-refractivity contribution in [1.82, 2.24) is 4.98 Å². The fraction of sp³-hybridized carbons (Fsp3) is 0.125. The zero-order valence-corrected chi connectivity index (χ0v) is 13.0. The van der Waals surface area contributed by atoms with E-state index in [1.165, 1.54) is 0 Å². The Balaban J connectivity index is 1.64. The average Bonchev–Trinajstić information content (AvgIpc) is 3.15. The van der Waals surface area contributed by atoms with Gasteiger partial charge in [0, 0.05) is 16.3 Å². The summed E-state index contributed by atoms with van der Waals surface area (Å²) in [5.74, 6) is -0.316. The molecule has 0 aliphatic rings. The molecule has 2 heterocycles. The second-order valence-corrected chi connectivity index (χ2v) is 6.24. The van der Waals surface area contributed by atoms with Crippen molar-refractivity contribution >= 4 is 28.6 Å². The smallest absolute Gasteiger partial charge is 0.338 e. The molecule has 0 amide bonds. The highest BCUT2D eigenvalue weighted by Gasteiger charge is 2.10. The summed E-state index contributed by atoms with van der Waals surface area (Å²) in [7, 11) is 0. The number of thiophene rings is 1. The van der Waals surface area contributed by atoms with E-state index in [2.05, 4.69) is 10.4 Å². The van der Waals surface area contributed by atoms with Gasteiger partial charge >= 0.3 is 5.97 Å². The van der Waals surface area contributed by atoms with Gasteiger partial charge in [0.05, 0.1) is 11.3 Å². The molecule has 1 aromatic carbocycles. The van der Waals surface area contributed by atoms with Crippen LogP contribution in [0.2, 0.25) is 0 Å². The third kappa shape index (κ3) is 3.37. The number of carbonyl (C=O) groups excluding carboxylic acids is 1. The molecule has 0 aliphatic heterocycles. The van der Waals surface area contributed by atoms with Crippen molar-refractivity contribution in [2.24, 2.45) is 0 Å². The molecule has 3 rings (SSSR count). The minimum absolute atomic E-state index is 0.202. The van der Waals surface area contributed by atoms with Gasteiger partial charge in [0.1, 0.15) is 11.6 Å². The number of benzene rings is 1. The van der Waals surface area contributed by atoms with Crippen LogP contribution in [0.5, 0.6) is 0 Å². The number of aromatic nitrogens is 1. The highest BCUT2D eigenvalue weighted by molar-refractivity contribution is 7.14. The molecule has 0 aliphatic carbocycles. The molecule has 0 bridgehead atoms. The van der Waals surface area contributed by atoms with Crippen LogP contribution in [0.3, 0.4) is 0 Å². The van der Waals surface area contributed by atoms with Gasteiger partial charge in [-0.05, 0) is 30.5 Å². The van der Waals surface area contributed by atoms with Gasteiger partial charge in [-0.3, -0.25) is 0 Å². The predicted molar refractivity (Wildman–Crippen MR) is 85.7 cm³/mol. The van der Waals surface area contributed by atoms with Crippen LogP contribution in [0.15, 0.2) is 46.5 Å². The Hall–Kier alpha value is -1.98. The summed E-state index contributed by atoms with van der Waals surface area (Å²) in [5.41, 5.74) is 3.50. The lowest BCUT2D eigenvalue weighted by molar-refractivity contribution is 0.0468. The largest absolute Gasteiger partial charge is 0.456 e. The maximum Gasteiger partial charge on any atom is 0.338 e. The number of aryl methyl sites for hydroxylation is 1. The Morgan fingerprint density at radius 2 is 2.19 bits per heavy atom. The Labute approximate surface area is 130 Å². The van der Waals surface area contributed by atoms with Gasteiger partial charge in [0.25, 0.3) is 0 Å². The highest BCUT2D eigenvalue weighted by atomic mass is 32.1. The minimum atomic E-state index is -0.316. The molecule has 106 valence electrons. The Bertz CT molecular complexity index is 747. The van der Waals surface area contributed by atoms with Crippen LogP contribution < -0.4 is 0 Å².